The van der Waals surface area contributed by atoms with Crippen molar-refractivity contribution in [1.82, 2.24) is 10.2 Å². The molecule has 1 amide bonds. The van der Waals surface area contributed by atoms with Crippen molar-refractivity contribution in [2.45, 2.75) is 52.7 Å². The summed E-state index contributed by atoms with van der Waals surface area (Å²) in [6.07, 6.45) is -1.74. The van der Waals surface area contributed by atoms with Crippen LogP contribution in [0.3, 0.4) is 0 Å². The molecule has 1 aliphatic rings. The summed E-state index contributed by atoms with van der Waals surface area (Å²) in [6.45, 7) is 7.47. The lowest BCUT2D eigenvalue weighted by Crippen LogP contribution is -2.46. The second kappa shape index (κ2) is 14.4. The number of halogens is 1. The maximum atomic E-state index is 14.4. The molecule has 2 atom stereocenters. The second-order valence-electron chi connectivity index (χ2n) is 10.9. The molecule has 1 aliphatic heterocycles. The Morgan fingerprint density at radius 2 is 1.82 bits per heavy atom. The molecule has 1 aromatic heterocycles. The quantitative estimate of drug-likeness (QED) is 0.249. The molecule has 0 spiro atoms. The number of amides is 1. The van der Waals surface area contributed by atoms with Gasteiger partial charge in [-0.05, 0) is 31.2 Å². The lowest BCUT2D eigenvalue weighted by molar-refractivity contribution is -0.144. The first-order valence-electron chi connectivity index (χ1n) is 14.0. The van der Waals surface area contributed by atoms with E-state index in [1.807, 2.05) is 26.0 Å². The van der Waals surface area contributed by atoms with E-state index in [4.69, 9.17) is 35.3 Å². The smallest absolute Gasteiger partial charge is 0.312 e. The van der Waals surface area contributed by atoms with Crippen LogP contribution in [-0.2, 0) is 41.4 Å². The van der Waals surface area contributed by atoms with E-state index in [1.165, 1.54) is 25.4 Å². The van der Waals surface area contributed by atoms with Crippen LogP contribution in [-0.4, -0.2) is 68.1 Å². The van der Waals surface area contributed by atoms with Crippen LogP contribution in [0.25, 0.3) is 0 Å². The number of carbonyl (C=O) groups excluding carboxylic acids is 3. The van der Waals surface area contributed by atoms with Crippen LogP contribution in [0, 0.1) is 5.41 Å². The summed E-state index contributed by atoms with van der Waals surface area (Å²) in [4.78, 5) is 39.7. The number of benzene rings is 2. The number of ether oxygens (including phenoxy) is 5. The fourth-order valence-electron chi connectivity index (χ4n) is 4.93. The Morgan fingerprint density at radius 3 is 2.50 bits per heavy atom. The van der Waals surface area contributed by atoms with E-state index in [0.717, 1.165) is 0 Å². The Balaban J connectivity index is 1.81. The number of para-hydroxylation sites is 1. The summed E-state index contributed by atoms with van der Waals surface area (Å²) in [7, 11) is 3.08. The third-order valence-corrected chi connectivity index (χ3v) is 8.02. The van der Waals surface area contributed by atoms with Gasteiger partial charge in [0, 0.05) is 47.1 Å². The Kier molecular flexibility index (Phi) is 10.8. The van der Waals surface area contributed by atoms with Crippen molar-refractivity contribution in [3.05, 3.63) is 62.6 Å². The molecule has 3 aromatic rings. The Morgan fingerprint density at radius 1 is 1.07 bits per heavy atom. The van der Waals surface area contributed by atoms with Gasteiger partial charge in [0.1, 0.15) is 22.2 Å². The first-order chi connectivity index (χ1) is 21.0. The van der Waals surface area contributed by atoms with E-state index >= 15 is 0 Å². The number of carbonyl (C=O) groups is 3. The minimum atomic E-state index is -1.02. The van der Waals surface area contributed by atoms with Crippen molar-refractivity contribution in [2.24, 2.45) is 5.41 Å². The van der Waals surface area contributed by atoms with Gasteiger partial charge in [-0.1, -0.05) is 37.6 Å². The molecule has 2 aromatic carbocycles. The monoisotopic (exact) mass is 645 g/mol. The number of rotatable bonds is 12. The zero-order valence-corrected chi connectivity index (χ0v) is 27.1. The van der Waals surface area contributed by atoms with Gasteiger partial charge in [0.05, 0.1) is 33.9 Å². The normalized spacial score (nSPS) is 16.6. The summed E-state index contributed by atoms with van der Waals surface area (Å²) in [6, 6.07) is 10.7. The van der Waals surface area contributed by atoms with E-state index in [1.54, 1.807) is 43.2 Å². The number of esters is 2. The molecule has 0 fully saturated rings. The van der Waals surface area contributed by atoms with Gasteiger partial charge < -0.3 is 28.6 Å². The van der Waals surface area contributed by atoms with Crippen molar-refractivity contribution in [2.75, 3.05) is 38.9 Å². The van der Waals surface area contributed by atoms with E-state index in [2.05, 4.69) is 10.2 Å². The minimum absolute atomic E-state index is 0.0188. The lowest BCUT2D eigenvalue weighted by Gasteiger charge is -2.33. The number of fused-ring (bicyclic) bond motifs is 1. The van der Waals surface area contributed by atoms with E-state index in [9.17, 15) is 14.4 Å². The van der Waals surface area contributed by atoms with Crippen LogP contribution < -0.4 is 14.4 Å². The third kappa shape index (κ3) is 7.85. The molecule has 11 nitrogen and oxygen atoms in total. The first kappa shape index (κ1) is 33.2. The SMILES string of the molecule is CCOC(=O)Cc1nnc(C[C@H]2O[C@H](c3cccc(OC)c3OC)c3cc(Cl)ccc3N(CC(C)(C)COC(C)=O)C2=O)s1. The summed E-state index contributed by atoms with van der Waals surface area (Å²) in [5.41, 5.74) is 1.25. The minimum Gasteiger partial charge on any atom is -0.493 e. The van der Waals surface area contributed by atoms with Gasteiger partial charge in [-0.15, -0.1) is 21.5 Å². The standard InChI is InChI=1S/C31H36ClN3O8S/c1-7-41-27(37)15-26-34-33-25(44-26)14-24-30(38)35(16-31(3,4)17-42-18(2)36)22-12-11-19(32)13-21(22)28(43-24)20-9-8-10-23(39-5)29(20)40-6/h8-13,24,28H,7,14-17H2,1-6H3/t24-,28-/m1/s1. The molecule has 0 saturated carbocycles. The van der Waals surface area contributed by atoms with Gasteiger partial charge in [-0.25, -0.2) is 0 Å². The summed E-state index contributed by atoms with van der Waals surface area (Å²) >= 11 is 7.74. The maximum absolute atomic E-state index is 14.4. The van der Waals surface area contributed by atoms with Crippen LogP contribution in [0.15, 0.2) is 36.4 Å². The Labute approximate surface area is 265 Å². The highest BCUT2D eigenvalue weighted by Crippen LogP contribution is 2.45. The molecule has 0 N–H and O–H groups in total. The predicted octanol–water partition coefficient (Wildman–Crippen LogP) is 4.97. The van der Waals surface area contributed by atoms with E-state index < -0.39 is 29.6 Å². The predicted molar refractivity (Wildman–Crippen MR) is 164 cm³/mol. The highest BCUT2D eigenvalue weighted by atomic mass is 35.5. The zero-order chi connectivity index (χ0) is 32.0. The van der Waals surface area contributed by atoms with Gasteiger partial charge in [-0.2, -0.15) is 0 Å². The molecule has 0 bridgehead atoms. The second-order valence-corrected chi connectivity index (χ2v) is 12.5. The lowest BCUT2D eigenvalue weighted by atomic mass is 9.92. The summed E-state index contributed by atoms with van der Waals surface area (Å²) in [5, 5.41) is 9.82. The molecule has 236 valence electrons. The van der Waals surface area contributed by atoms with Crippen molar-refractivity contribution in [1.29, 1.82) is 0 Å². The fraction of sp³-hybridized carbons (Fsp3) is 0.452. The van der Waals surface area contributed by atoms with Crippen molar-refractivity contribution in [3.63, 3.8) is 0 Å². The molecule has 0 unspecified atom stereocenters. The zero-order valence-electron chi connectivity index (χ0n) is 25.5. The maximum Gasteiger partial charge on any atom is 0.312 e. The topological polar surface area (TPSA) is 126 Å². The summed E-state index contributed by atoms with van der Waals surface area (Å²) < 4.78 is 28.4. The molecular formula is C31H36ClN3O8S. The third-order valence-electron chi connectivity index (χ3n) is 6.84. The van der Waals surface area contributed by atoms with Crippen LogP contribution in [0.2, 0.25) is 5.02 Å². The Bertz CT molecular complexity index is 1510. The van der Waals surface area contributed by atoms with Crippen molar-refractivity contribution < 1.29 is 38.1 Å². The number of hydrogen-bond donors (Lipinski definition) is 0. The van der Waals surface area contributed by atoms with Crippen LogP contribution in [0.5, 0.6) is 11.5 Å². The average molecular weight is 646 g/mol. The number of aromatic nitrogens is 2. The molecule has 13 heteroatoms. The molecule has 0 saturated heterocycles. The number of hydrogen-bond acceptors (Lipinski definition) is 11. The molecule has 0 aliphatic carbocycles. The number of methoxy groups -OCH3 is 2. The van der Waals surface area contributed by atoms with Gasteiger partial charge in [0.2, 0.25) is 0 Å². The van der Waals surface area contributed by atoms with Gasteiger partial charge in [0.15, 0.2) is 11.5 Å². The van der Waals surface area contributed by atoms with Crippen LogP contribution in [0.4, 0.5) is 5.69 Å². The molecule has 4 rings (SSSR count). The van der Waals surface area contributed by atoms with E-state index in [0.29, 0.717) is 43.4 Å². The fourth-order valence-corrected chi connectivity index (χ4v) is 5.97. The molecule has 2 heterocycles. The average Bonchev–Trinajstić information content (AvgIpc) is 3.39. The highest BCUT2D eigenvalue weighted by molar-refractivity contribution is 7.11. The largest absolute Gasteiger partial charge is 0.493 e. The van der Waals surface area contributed by atoms with Crippen molar-refractivity contribution >= 4 is 46.5 Å². The number of anilines is 1. The Hall–Kier alpha value is -3.74. The molecule has 44 heavy (non-hydrogen) atoms. The van der Waals surface area contributed by atoms with Gasteiger partial charge in [-0.3, -0.25) is 14.4 Å². The number of nitrogens with zero attached hydrogens (tertiary/aromatic N) is 3. The van der Waals surface area contributed by atoms with Gasteiger partial charge >= 0.3 is 11.9 Å². The molecular weight excluding hydrogens is 610 g/mol. The summed E-state index contributed by atoms with van der Waals surface area (Å²) in [5.74, 6) is -0.190. The van der Waals surface area contributed by atoms with Crippen molar-refractivity contribution in [3.8, 4) is 11.5 Å². The van der Waals surface area contributed by atoms with Crippen LogP contribution in [0.1, 0.15) is 54.9 Å². The van der Waals surface area contributed by atoms with E-state index in [-0.39, 0.29) is 38.5 Å². The molecule has 0 radical (unpaired) electrons. The van der Waals surface area contributed by atoms with Crippen LogP contribution >= 0.6 is 22.9 Å². The first-order valence-corrected chi connectivity index (χ1v) is 15.2. The van der Waals surface area contributed by atoms with Gasteiger partial charge in [0.25, 0.3) is 5.91 Å². The highest BCUT2D eigenvalue weighted by Gasteiger charge is 2.40.